The van der Waals surface area contributed by atoms with E-state index in [1.54, 1.807) is 12.1 Å². The minimum absolute atomic E-state index is 0.303. The van der Waals surface area contributed by atoms with Crippen molar-refractivity contribution in [1.82, 2.24) is 0 Å². The number of nitrogens with two attached hydrogens (primary N) is 1. The van der Waals surface area contributed by atoms with Gasteiger partial charge in [0.1, 0.15) is 0 Å². The molecule has 0 aliphatic carbocycles. The molecule has 1 aromatic rings. The van der Waals surface area contributed by atoms with Crippen LogP contribution in [0.5, 0.6) is 0 Å². The van der Waals surface area contributed by atoms with Gasteiger partial charge in [-0.2, -0.15) is 0 Å². The normalized spacial score (nSPS) is 10.3. The highest BCUT2D eigenvalue weighted by molar-refractivity contribution is 6.33. The SMILES string of the molecule is CC(C)Nc1ccc(Cl)c(C(N)=O)c1. The Labute approximate surface area is 88.2 Å². The van der Waals surface area contributed by atoms with Crippen LogP contribution in [0.4, 0.5) is 5.69 Å². The van der Waals surface area contributed by atoms with Crippen LogP contribution in [-0.4, -0.2) is 11.9 Å². The van der Waals surface area contributed by atoms with Gasteiger partial charge < -0.3 is 11.1 Å². The molecular weight excluding hydrogens is 200 g/mol. The summed E-state index contributed by atoms with van der Waals surface area (Å²) in [5.41, 5.74) is 6.35. The molecule has 0 bridgehead atoms. The first-order valence-electron chi connectivity index (χ1n) is 4.36. The summed E-state index contributed by atoms with van der Waals surface area (Å²) in [5.74, 6) is -0.512. The first-order chi connectivity index (χ1) is 6.50. The average molecular weight is 213 g/mol. The fraction of sp³-hybridized carbons (Fsp3) is 0.300. The number of nitrogens with one attached hydrogen (secondary N) is 1. The van der Waals surface area contributed by atoms with Crippen LogP contribution in [0.3, 0.4) is 0 Å². The Balaban J connectivity index is 3.00. The van der Waals surface area contributed by atoms with E-state index in [9.17, 15) is 4.79 Å². The molecule has 0 radical (unpaired) electrons. The van der Waals surface area contributed by atoms with E-state index in [4.69, 9.17) is 17.3 Å². The number of halogens is 1. The minimum Gasteiger partial charge on any atom is -0.383 e. The van der Waals surface area contributed by atoms with Gasteiger partial charge in [-0.3, -0.25) is 4.79 Å². The molecule has 1 rings (SSSR count). The summed E-state index contributed by atoms with van der Waals surface area (Å²) in [6.45, 7) is 4.02. The number of hydrogen-bond acceptors (Lipinski definition) is 2. The van der Waals surface area contributed by atoms with E-state index in [1.807, 2.05) is 19.9 Å². The molecule has 3 nitrogen and oxygen atoms in total. The Kier molecular flexibility index (Phi) is 3.36. The predicted octanol–water partition coefficient (Wildman–Crippen LogP) is 2.26. The fourth-order valence-electron chi connectivity index (χ4n) is 1.14. The van der Waals surface area contributed by atoms with E-state index in [1.165, 1.54) is 0 Å². The Morgan fingerprint density at radius 1 is 1.50 bits per heavy atom. The van der Waals surface area contributed by atoms with Crippen molar-refractivity contribution in [1.29, 1.82) is 0 Å². The van der Waals surface area contributed by atoms with Gasteiger partial charge in [-0.25, -0.2) is 0 Å². The molecule has 1 amide bonds. The van der Waals surface area contributed by atoms with Gasteiger partial charge in [0.25, 0.3) is 0 Å². The number of benzene rings is 1. The van der Waals surface area contributed by atoms with Crippen LogP contribution in [0.1, 0.15) is 24.2 Å². The van der Waals surface area contributed by atoms with E-state index in [2.05, 4.69) is 5.32 Å². The van der Waals surface area contributed by atoms with E-state index in [0.29, 0.717) is 16.6 Å². The number of carbonyl (C=O) groups is 1. The Bertz CT molecular complexity index is 350. The molecule has 0 fully saturated rings. The smallest absolute Gasteiger partial charge is 0.250 e. The quantitative estimate of drug-likeness (QED) is 0.808. The number of hydrogen-bond donors (Lipinski definition) is 2. The molecule has 0 aromatic heterocycles. The van der Waals surface area contributed by atoms with Crippen LogP contribution in [0.15, 0.2) is 18.2 Å². The van der Waals surface area contributed by atoms with Gasteiger partial charge in [-0.15, -0.1) is 0 Å². The van der Waals surface area contributed by atoms with Gasteiger partial charge in [0, 0.05) is 11.7 Å². The van der Waals surface area contributed by atoms with Crippen LogP contribution in [0, 0.1) is 0 Å². The molecule has 4 heteroatoms. The van der Waals surface area contributed by atoms with Gasteiger partial charge in [0.15, 0.2) is 0 Å². The number of primary amides is 1. The zero-order chi connectivity index (χ0) is 10.7. The molecule has 0 saturated carbocycles. The molecule has 1 aromatic carbocycles. The zero-order valence-corrected chi connectivity index (χ0v) is 8.93. The van der Waals surface area contributed by atoms with E-state index in [-0.39, 0.29) is 0 Å². The van der Waals surface area contributed by atoms with Crippen molar-refractivity contribution in [2.24, 2.45) is 5.73 Å². The minimum atomic E-state index is -0.512. The van der Waals surface area contributed by atoms with Crippen molar-refractivity contribution in [3.63, 3.8) is 0 Å². The Hall–Kier alpha value is -1.22. The monoisotopic (exact) mass is 212 g/mol. The third kappa shape index (κ3) is 2.64. The third-order valence-corrected chi connectivity index (χ3v) is 2.02. The summed E-state index contributed by atoms with van der Waals surface area (Å²) in [6.07, 6.45) is 0. The van der Waals surface area contributed by atoms with Crippen LogP contribution in [0.2, 0.25) is 5.02 Å². The number of carbonyl (C=O) groups excluding carboxylic acids is 1. The van der Waals surface area contributed by atoms with Gasteiger partial charge >= 0.3 is 0 Å². The van der Waals surface area contributed by atoms with Crippen molar-refractivity contribution in [2.75, 3.05) is 5.32 Å². The maximum Gasteiger partial charge on any atom is 0.250 e. The van der Waals surface area contributed by atoms with Crippen molar-refractivity contribution < 1.29 is 4.79 Å². The second-order valence-electron chi connectivity index (χ2n) is 3.36. The topological polar surface area (TPSA) is 55.1 Å². The number of rotatable bonds is 3. The fourth-order valence-corrected chi connectivity index (χ4v) is 1.35. The van der Waals surface area contributed by atoms with Crippen molar-refractivity contribution >= 4 is 23.2 Å². The molecule has 3 N–H and O–H groups in total. The molecule has 76 valence electrons. The highest BCUT2D eigenvalue weighted by atomic mass is 35.5. The van der Waals surface area contributed by atoms with E-state index in [0.717, 1.165) is 5.69 Å². The summed E-state index contributed by atoms with van der Waals surface area (Å²) in [7, 11) is 0. The van der Waals surface area contributed by atoms with Crippen LogP contribution < -0.4 is 11.1 Å². The largest absolute Gasteiger partial charge is 0.383 e. The summed E-state index contributed by atoms with van der Waals surface area (Å²) in [5, 5.41) is 3.54. The summed E-state index contributed by atoms with van der Waals surface area (Å²) < 4.78 is 0. The summed E-state index contributed by atoms with van der Waals surface area (Å²) in [6, 6.07) is 5.43. The number of anilines is 1. The molecule has 0 heterocycles. The maximum atomic E-state index is 11.0. The van der Waals surface area contributed by atoms with Gasteiger partial charge in [0.05, 0.1) is 10.6 Å². The first kappa shape index (κ1) is 10.9. The zero-order valence-electron chi connectivity index (χ0n) is 8.17. The van der Waals surface area contributed by atoms with Crippen LogP contribution in [-0.2, 0) is 0 Å². The second kappa shape index (κ2) is 4.33. The van der Waals surface area contributed by atoms with E-state index >= 15 is 0 Å². The molecular formula is C10H13ClN2O. The highest BCUT2D eigenvalue weighted by Crippen LogP contribution is 2.20. The lowest BCUT2D eigenvalue weighted by molar-refractivity contribution is 0.100. The summed E-state index contributed by atoms with van der Waals surface area (Å²) in [4.78, 5) is 11.0. The molecule has 0 aliphatic heterocycles. The maximum absolute atomic E-state index is 11.0. The van der Waals surface area contributed by atoms with Crippen LogP contribution in [0.25, 0.3) is 0 Å². The molecule has 14 heavy (non-hydrogen) atoms. The van der Waals surface area contributed by atoms with Crippen molar-refractivity contribution in [3.05, 3.63) is 28.8 Å². The molecule has 0 spiro atoms. The first-order valence-corrected chi connectivity index (χ1v) is 4.74. The van der Waals surface area contributed by atoms with Crippen LogP contribution >= 0.6 is 11.6 Å². The highest BCUT2D eigenvalue weighted by Gasteiger charge is 2.07. The van der Waals surface area contributed by atoms with Gasteiger partial charge in [-0.1, -0.05) is 11.6 Å². The molecule has 0 atom stereocenters. The lowest BCUT2D eigenvalue weighted by Crippen LogP contribution is -2.14. The van der Waals surface area contributed by atoms with Gasteiger partial charge in [0.2, 0.25) is 5.91 Å². The Morgan fingerprint density at radius 3 is 2.64 bits per heavy atom. The standard InChI is InChI=1S/C10H13ClN2O/c1-6(2)13-7-3-4-9(11)8(5-7)10(12)14/h3-6,13H,1-2H3,(H2,12,14). The lowest BCUT2D eigenvalue weighted by Gasteiger charge is -2.11. The van der Waals surface area contributed by atoms with Crippen molar-refractivity contribution in [2.45, 2.75) is 19.9 Å². The molecule has 0 unspecified atom stereocenters. The van der Waals surface area contributed by atoms with Crippen molar-refractivity contribution in [3.8, 4) is 0 Å². The average Bonchev–Trinajstić information content (AvgIpc) is 2.07. The van der Waals surface area contributed by atoms with E-state index < -0.39 is 5.91 Å². The Morgan fingerprint density at radius 2 is 2.14 bits per heavy atom. The molecule has 0 aliphatic rings. The summed E-state index contributed by atoms with van der Waals surface area (Å²) >= 11 is 5.80. The molecule has 0 saturated heterocycles. The van der Waals surface area contributed by atoms with Gasteiger partial charge in [-0.05, 0) is 32.0 Å². The number of amides is 1. The predicted molar refractivity (Wildman–Crippen MR) is 58.7 cm³/mol. The second-order valence-corrected chi connectivity index (χ2v) is 3.77. The lowest BCUT2D eigenvalue weighted by atomic mass is 10.2. The third-order valence-electron chi connectivity index (χ3n) is 1.69.